The van der Waals surface area contributed by atoms with Gasteiger partial charge >= 0.3 is 0 Å². The molecule has 0 aliphatic carbocycles. The molecule has 1 aromatic heterocycles. The molecule has 0 spiro atoms. The quantitative estimate of drug-likeness (QED) is 0.797. The van der Waals surface area contributed by atoms with E-state index >= 15 is 0 Å². The fourth-order valence-corrected chi connectivity index (χ4v) is 1.86. The Morgan fingerprint density at radius 3 is 2.71 bits per heavy atom. The number of amides is 1. The number of nitrogens with zero attached hydrogens (tertiary/aromatic N) is 2. The van der Waals surface area contributed by atoms with Crippen LogP contribution in [0, 0.1) is 5.82 Å². The number of ether oxygens (including phenoxy) is 1. The van der Waals surface area contributed by atoms with Crippen LogP contribution in [0.25, 0.3) is 0 Å². The van der Waals surface area contributed by atoms with Crippen molar-refractivity contribution >= 4 is 17.5 Å². The lowest BCUT2D eigenvalue weighted by molar-refractivity contribution is 0.0773. The van der Waals surface area contributed by atoms with Crippen LogP contribution in [0.1, 0.15) is 10.4 Å². The number of carbonyl (C=O) groups is 1. The van der Waals surface area contributed by atoms with Crippen molar-refractivity contribution in [1.82, 2.24) is 9.88 Å². The molecular formula is C15H14ClFN2O2. The molecule has 2 rings (SSSR count). The topological polar surface area (TPSA) is 42.4 Å². The molecule has 0 N–H and O–H groups in total. The Hall–Kier alpha value is -2.14. The van der Waals surface area contributed by atoms with Gasteiger partial charge in [0.25, 0.3) is 5.91 Å². The van der Waals surface area contributed by atoms with E-state index in [1.54, 1.807) is 25.2 Å². The van der Waals surface area contributed by atoms with Crippen LogP contribution < -0.4 is 4.74 Å². The van der Waals surface area contributed by atoms with Crippen molar-refractivity contribution in [2.75, 3.05) is 20.2 Å². The van der Waals surface area contributed by atoms with Crippen LogP contribution in [0.4, 0.5) is 4.39 Å². The number of benzene rings is 1. The lowest BCUT2D eigenvalue weighted by Crippen LogP contribution is -2.30. The highest BCUT2D eigenvalue weighted by Gasteiger charge is 2.12. The molecule has 1 amide bonds. The lowest BCUT2D eigenvalue weighted by atomic mass is 10.2. The van der Waals surface area contributed by atoms with Gasteiger partial charge in [-0.1, -0.05) is 11.6 Å². The summed E-state index contributed by atoms with van der Waals surface area (Å²) in [6.45, 7) is 0.711. The second-order valence-electron chi connectivity index (χ2n) is 4.40. The number of hydrogen-bond acceptors (Lipinski definition) is 3. The summed E-state index contributed by atoms with van der Waals surface area (Å²) >= 11 is 5.75. The highest BCUT2D eigenvalue weighted by atomic mass is 35.5. The van der Waals surface area contributed by atoms with E-state index in [4.69, 9.17) is 16.3 Å². The first-order valence-corrected chi connectivity index (χ1v) is 6.69. The molecule has 1 heterocycles. The first kappa shape index (κ1) is 15.3. The van der Waals surface area contributed by atoms with Gasteiger partial charge in [0.15, 0.2) is 0 Å². The number of pyridine rings is 1. The number of rotatable bonds is 5. The predicted molar refractivity (Wildman–Crippen MR) is 78.1 cm³/mol. The Kier molecular flexibility index (Phi) is 5.11. The van der Waals surface area contributed by atoms with Gasteiger partial charge in [-0.2, -0.15) is 0 Å². The number of hydrogen-bond donors (Lipinski definition) is 0. The van der Waals surface area contributed by atoms with Crippen LogP contribution in [0.15, 0.2) is 42.6 Å². The molecule has 6 heteroatoms. The highest BCUT2D eigenvalue weighted by Crippen LogP contribution is 2.12. The summed E-state index contributed by atoms with van der Waals surface area (Å²) in [6.07, 6.45) is 1.48. The van der Waals surface area contributed by atoms with Gasteiger partial charge in [0.2, 0.25) is 0 Å². The average Bonchev–Trinajstić information content (AvgIpc) is 2.48. The van der Waals surface area contributed by atoms with Gasteiger partial charge in [-0.15, -0.1) is 0 Å². The van der Waals surface area contributed by atoms with E-state index in [0.717, 1.165) is 0 Å². The first-order valence-electron chi connectivity index (χ1n) is 6.31. The molecule has 4 nitrogen and oxygen atoms in total. The molecule has 0 atom stereocenters. The van der Waals surface area contributed by atoms with E-state index in [-0.39, 0.29) is 16.9 Å². The zero-order valence-electron chi connectivity index (χ0n) is 11.4. The molecule has 0 aliphatic heterocycles. The standard InChI is InChI=1S/C15H14ClFN2O2/c1-19(15(20)11-6-7-18-14(16)10-11)8-9-21-13-4-2-12(17)3-5-13/h2-7,10H,8-9H2,1H3. The Morgan fingerprint density at radius 2 is 2.05 bits per heavy atom. The van der Waals surface area contributed by atoms with Crippen molar-refractivity contribution < 1.29 is 13.9 Å². The maximum absolute atomic E-state index is 12.7. The molecule has 0 fully saturated rings. The van der Waals surface area contributed by atoms with Crippen LogP contribution in [0.5, 0.6) is 5.75 Å². The SMILES string of the molecule is CN(CCOc1ccc(F)cc1)C(=O)c1ccnc(Cl)c1. The maximum Gasteiger partial charge on any atom is 0.253 e. The van der Waals surface area contributed by atoms with Crippen molar-refractivity contribution in [2.24, 2.45) is 0 Å². The van der Waals surface area contributed by atoms with Crippen molar-refractivity contribution in [1.29, 1.82) is 0 Å². The molecule has 0 radical (unpaired) electrons. The van der Waals surface area contributed by atoms with E-state index < -0.39 is 0 Å². The minimum atomic E-state index is -0.316. The summed E-state index contributed by atoms with van der Waals surface area (Å²) in [5.74, 6) is 0.0791. The van der Waals surface area contributed by atoms with Crippen molar-refractivity contribution in [3.8, 4) is 5.75 Å². The van der Waals surface area contributed by atoms with E-state index in [9.17, 15) is 9.18 Å². The van der Waals surface area contributed by atoms with Crippen LogP contribution in [-0.2, 0) is 0 Å². The van der Waals surface area contributed by atoms with E-state index in [1.807, 2.05) is 0 Å². The molecule has 0 aliphatic rings. The molecule has 2 aromatic rings. The van der Waals surface area contributed by atoms with Crippen LogP contribution in [-0.4, -0.2) is 36.0 Å². The lowest BCUT2D eigenvalue weighted by Gasteiger charge is -2.17. The van der Waals surface area contributed by atoms with Gasteiger partial charge in [0.05, 0.1) is 6.54 Å². The number of likely N-dealkylation sites (N-methyl/N-ethyl adjacent to an activating group) is 1. The molecule has 0 unspecified atom stereocenters. The molecule has 110 valence electrons. The highest BCUT2D eigenvalue weighted by molar-refractivity contribution is 6.29. The summed E-state index contributed by atoms with van der Waals surface area (Å²) < 4.78 is 18.2. The van der Waals surface area contributed by atoms with E-state index in [1.165, 1.54) is 29.3 Å². The fraction of sp³-hybridized carbons (Fsp3) is 0.200. The van der Waals surface area contributed by atoms with E-state index in [2.05, 4.69) is 4.98 Å². The molecule has 0 bridgehead atoms. The van der Waals surface area contributed by atoms with Gasteiger partial charge in [-0.3, -0.25) is 4.79 Å². The summed E-state index contributed by atoms with van der Waals surface area (Å²) in [5, 5.41) is 0.275. The first-order chi connectivity index (χ1) is 10.1. The second-order valence-corrected chi connectivity index (χ2v) is 4.78. The van der Waals surface area contributed by atoms with Gasteiger partial charge in [-0.25, -0.2) is 9.37 Å². The van der Waals surface area contributed by atoms with Gasteiger partial charge in [-0.05, 0) is 36.4 Å². The molecule has 21 heavy (non-hydrogen) atoms. The molecule has 0 saturated carbocycles. The largest absolute Gasteiger partial charge is 0.492 e. The summed E-state index contributed by atoms with van der Waals surface area (Å²) in [7, 11) is 1.67. The zero-order valence-corrected chi connectivity index (χ0v) is 12.2. The summed E-state index contributed by atoms with van der Waals surface area (Å²) in [6, 6.07) is 8.85. The van der Waals surface area contributed by atoms with Crippen molar-refractivity contribution in [2.45, 2.75) is 0 Å². The third kappa shape index (κ3) is 4.43. The number of aromatic nitrogens is 1. The Labute approximate surface area is 127 Å². The normalized spacial score (nSPS) is 10.2. The zero-order chi connectivity index (χ0) is 15.2. The fourth-order valence-electron chi connectivity index (χ4n) is 1.69. The second kappa shape index (κ2) is 7.04. The Balaban J connectivity index is 1.85. The van der Waals surface area contributed by atoms with Gasteiger partial charge in [0, 0.05) is 18.8 Å². The summed E-state index contributed by atoms with van der Waals surface area (Å²) in [4.78, 5) is 17.5. The van der Waals surface area contributed by atoms with Crippen LogP contribution >= 0.6 is 11.6 Å². The average molecular weight is 309 g/mol. The molecule has 1 aromatic carbocycles. The third-order valence-corrected chi connectivity index (χ3v) is 3.04. The smallest absolute Gasteiger partial charge is 0.253 e. The van der Waals surface area contributed by atoms with Gasteiger partial charge < -0.3 is 9.64 Å². The van der Waals surface area contributed by atoms with Crippen LogP contribution in [0.3, 0.4) is 0 Å². The number of halogens is 2. The van der Waals surface area contributed by atoms with E-state index in [0.29, 0.717) is 24.5 Å². The third-order valence-electron chi connectivity index (χ3n) is 2.83. The Morgan fingerprint density at radius 1 is 1.33 bits per heavy atom. The predicted octanol–water partition coefficient (Wildman–Crippen LogP) is 3.03. The Bertz CT molecular complexity index is 619. The monoisotopic (exact) mass is 308 g/mol. The van der Waals surface area contributed by atoms with Crippen LogP contribution in [0.2, 0.25) is 5.15 Å². The molecule has 0 saturated heterocycles. The minimum Gasteiger partial charge on any atom is -0.492 e. The summed E-state index contributed by atoms with van der Waals surface area (Å²) in [5.41, 5.74) is 0.472. The van der Waals surface area contributed by atoms with Gasteiger partial charge in [0.1, 0.15) is 23.3 Å². The van der Waals surface area contributed by atoms with Crippen molar-refractivity contribution in [3.05, 3.63) is 59.1 Å². The molecular weight excluding hydrogens is 295 g/mol. The minimum absolute atomic E-state index is 0.165. The van der Waals surface area contributed by atoms with Crippen molar-refractivity contribution in [3.63, 3.8) is 0 Å². The number of carbonyl (C=O) groups excluding carboxylic acids is 1. The maximum atomic E-state index is 12.7.